The highest BCUT2D eigenvalue weighted by Crippen LogP contribution is 2.26. The van der Waals surface area contributed by atoms with Crippen molar-refractivity contribution in [2.24, 2.45) is 0 Å². The molecule has 0 aliphatic heterocycles. The number of carbonyl (C=O) groups excluding carboxylic acids is 1. The summed E-state index contributed by atoms with van der Waals surface area (Å²) in [4.78, 5) is 21.6. The van der Waals surface area contributed by atoms with E-state index in [0.29, 0.717) is 17.0 Å². The van der Waals surface area contributed by atoms with Gasteiger partial charge in [0.15, 0.2) is 0 Å². The molecule has 0 aliphatic rings. The molecule has 1 atom stereocenters. The van der Waals surface area contributed by atoms with Gasteiger partial charge in [-0.15, -0.1) is 0 Å². The molecule has 20 heavy (non-hydrogen) atoms. The smallest absolute Gasteiger partial charge is 0.471 e. The summed E-state index contributed by atoms with van der Waals surface area (Å²) >= 11 is 0. The molecule has 0 aromatic carbocycles. The van der Waals surface area contributed by atoms with Crippen LogP contribution < -0.4 is 5.32 Å². The minimum atomic E-state index is -5.01. The molecule has 0 spiro atoms. The fourth-order valence-electron chi connectivity index (χ4n) is 1.88. The zero-order valence-corrected chi connectivity index (χ0v) is 10.7. The Morgan fingerprint density at radius 2 is 2.00 bits per heavy atom. The van der Waals surface area contributed by atoms with Crippen LogP contribution in [0.3, 0.4) is 0 Å². The lowest BCUT2D eigenvalue weighted by Gasteiger charge is -2.16. The van der Waals surface area contributed by atoms with Crippen molar-refractivity contribution in [1.29, 1.82) is 0 Å². The summed E-state index contributed by atoms with van der Waals surface area (Å²) in [7, 11) is 0. The maximum Gasteiger partial charge on any atom is 0.471 e. The highest BCUT2D eigenvalue weighted by atomic mass is 19.4. The second kappa shape index (κ2) is 5.93. The first-order valence-corrected chi connectivity index (χ1v) is 5.62. The molecule has 0 aliphatic carbocycles. The van der Waals surface area contributed by atoms with Gasteiger partial charge in [0, 0.05) is 18.0 Å². The van der Waals surface area contributed by atoms with Crippen LogP contribution in [0.5, 0.6) is 0 Å². The van der Waals surface area contributed by atoms with Crippen LogP contribution in [0.15, 0.2) is 4.52 Å². The van der Waals surface area contributed by atoms with Crippen LogP contribution >= 0.6 is 0 Å². The Bertz CT molecular complexity index is 491. The summed E-state index contributed by atoms with van der Waals surface area (Å²) in [5, 5.41) is 14.1. The van der Waals surface area contributed by atoms with Gasteiger partial charge in [0.25, 0.3) is 0 Å². The fourth-order valence-corrected chi connectivity index (χ4v) is 1.88. The van der Waals surface area contributed by atoms with Crippen LogP contribution in [0, 0.1) is 13.8 Å². The third-order valence-electron chi connectivity index (χ3n) is 2.68. The predicted molar refractivity (Wildman–Crippen MR) is 60.0 cm³/mol. The van der Waals surface area contributed by atoms with Gasteiger partial charge in [0.05, 0.1) is 12.1 Å². The number of aryl methyl sites for hydroxylation is 2. The quantitative estimate of drug-likeness (QED) is 0.859. The van der Waals surface area contributed by atoms with Gasteiger partial charge < -0.3 is 14.9 Å². The van der Waals surface area contributed by atoms with E-state index >= 15 is 0 Å². The molecule has 9 heteroatoms. The van der Waals surface area contributed by atoms with Gasteiger partial charge >= 0.3 is 18.1 Å². The second-order valence-corrected chi connectivity index (χ2v) is 4.24. The van der Waals surface area contributed by atoms with Crippen LogP contribution in [0.1, 0.15) is 29.4 Å². The van der Waals surface area contributed by atoms with E-state index in [1.165, 1.54) is 6.92 Å². The van der Waals surface area contributed by atoms with Gasteiger partial charge in [-0.05, 0) is 13.8 Å². The zero-order chi connectivity index (χ0) is 15.5. The van der Waals surface area contributed by atoms with Crippen molar-refractivity contribution >= 4 is 11.9 Å². The van der Waals surface area contributed by atoms with Gasteiger partial charge in [0.2, 0.25) is 0 Å². The third-order valence-corrected chi connectivity index (χ3v) is 2.68. The number of carboxylic acids is 1. The first kappa shape index (κ1) is 16.0. The van der Waals surface area contributed by atoms with Crippen LogP contribution in [0.2, 0.25) is 0 Å². The van der Waals surface area contributed by atoms with E-state index < -0.39 is 36.9 Å². The lowest BCUT2D eigenvalue weighted by atomic mass is 9.94. The maximum absolute atomic E-state index is 12.1. The van der Waals surface area contributed by atoms with Crippen molar-refractivity contribution in [3.05, 3.63) is 17.0 Å². The van der Waals surface area contributed by atoms with Crippen molar-refractivity contribution in [3.8, 4) is 0 Å². The van der Waals surface area contributed by atoms with Crippen molar-refractivity contribution in [3.63, 3.8) is 0 Å². The minimum absolute atomic E-state index is 0.315. The summed E-state index contributed by atoms with van der Waals surface area (Å²) in [5.74, 6) is -3.84. The number of hydrogen-bond donors (Lipinski definition) is 2. The Morgan fingerprint density at radius 3 is 2.40 bits per heavy atom. The molecule has 0 saturated heterocycles. The molecular formula is C11H13F3N2O4. The van der Waals surface area contributed by atoms with E-state index in [2.05, 4.69) is 5.16 Å². The van der Waals surface area contributed by atoms with Gasteiger partial charge in [-0.3, -0.25) is 9.59 Å². The van der Waals surface area contributed by atoms with Gasteiger partial charge in [-0.2, -0.15) is 13.2 Å². The lowest BCUT2D eigenvalue weighted by molar-refractivity contribution is -0.173. The van der Waals surface area contributed by atoms with Gasteiger partial charge in [-0.1, -0.05) is 5.16 Å². The van der Waals surface area contributed by atoms with Crippen LogP contribution in [0.25, 0.3) is 0 Å². The number of nitrogens with one attached hydrogen (secondary N) is 1. The monoisotopic (exact) mass is 294 g/mol. The minimum Gasteiger partial charge on any atom is -0.481 e. The van der Waals surface area contributed by atoms with Crippen LogP contribution in [-0.2, 0) is 9.59 Å². The fraction of sp³-hybridized carbons (Fsp3) is 0.545. The lowest BCUT2D eigenvalue weighted by Crippen LogP contribution is -2.39. The number of hydrogen-bond acceptors (Lipinski definition) is 4. The number of rotatable bonds is 5. The third kappa shape index (κ3) is 3.97. The molecule has 0 fully saturated rings. The number of aromatic nitrogens is 1. The van der Waals surface area contributed by atoms with E-state index in [1.807, 2.05) is 0 Å². The SMILES string of the molecule is Cc1noc(C)c1C(CNC(=O)C(F)(F)F)CC(=O)O. The molecular weight excluding hydrogens is 281 g/mol. The summed E-state index contributed by atoms with van der Waals surface area (Å²) in [5.41, 5.74) is 0.782. The van der Waals surface area contributed by atoms with Crippen LogP contribution in [0.4, 0.5) is 13.2 Å². The Hall–Kier alpha value is -2.06. The summed E-state index contributed by atoms with van der Waals surface area (Å²) in [6, 6.07) is 0. The van der Waals surface area contributed by atoms with E-state index in [0.717, 1.165) is 0 Å². The van der Waals surface area contributed by atoms with E-state index in [1.54, 1.807) is 12.2 Å². The Kier molecular flexibility index (Phi) is 4.74. The normalized spacial score (nSPS) is 13.1. The molecule has 0 radical (unpaired) electrons. The van der Waals surface area contributed by atoms with E-state index in [4.69, 9.17) is 9.63 Å². The Balaban J connectivity index is 2.87. The highest BCUT2D eigenvalue weighted by Gasteiger charge is 2.39. The van der Waals surface area contributed by atoms with E-state index in [-0.39, 0.29) is 0 Å². The maximum atomic E-state index is 12.1. The summed E-state index contributed by atoms with van der Waals surface area (Å²) < 4.78 is 41.2. The molecule has 0 bridgehead atoms. The number of halogens is 3. The summed E-state index contributed by atoms with van der Waals surface area (Å²) in [6.07, 6.45) is -5.45. The molecule has 0 saturated carbocycles. The first-order chi connectivity index (χ1) is 9.12. The molecule has 1 rings (SSSR count). The molecule has 6 nitrogen and oxygen atoms in total. The highest BCUT2D eigenvalue weighted by molar-refractivity contribution is 5.81. The molecule has 1 unspecified atom stereocenters. The van der Waals surface area contributed by atoms with Crippen molar-refractivity contribution in [1.82, 2.24) is 10.5 Å². The molecule has 1 heterocycles. The molecule has 1 amide bonds. The zero-order valence-electron chi connectivity index (χ0n) is 10.7. The molecule has 1 aromatic heterocycles. The van der Waals surface area contributed by atoms with Gasteiger partial charge in [-0.25, -0.2) is 0 Å². The largest absolute Gasteiger partial charge is 0.481 e. The number of carbonyl (C=O) groups is 2. The van der Waals surface area contributed by atoms with Crippen molar-refractivity contribution in [2.75, 3.05) is 6.54 Å². The van der Waals surface area contributed by atoms with Crippen LogP contribution in [-0.4, -0.2) is 34.9 Å². The van der Waals surface area contributed by atoms with Crippen molar-refractivity contribution in [2.45, 2.75) is 32.4 Å². The van der Waals surface area contributed by atoms with E-state index in [9.17, 15) is 22.8 Å². The second-order valence-electron chi connectivity index (χ2n) is 4.24. The Morgan fingerprint density at radius 1 is 1.40 bits per heavy atom. The molecule has 2 N–H and O–H groups in total. The average Bonchev–Trinajstić information content (AvgIpc) is 2.62. The number of nitrogens with zero attached hydrogens (tertiary/aromatic N) is 1. The predicted octanol–water partition coefficient (Wildman–Crippen LogP) is 1.53. The average molecular weight is 294 g/mol. The number of amides is 1. The standard InChI is InChI=1S/C11H13F3N2O4/c1-5-9(6(2)20-16-5)7(3-8(17)18)4-15-10(19)11(12,13)14/h7H,3-4H2,1-2H3,(H,15,19)(H,17,18). The topological polar surface area (TPSA) is 92.4 Å². The molecule has 112 valence electrons. The van der Waals surface area contributed by atoms with Gasteiger partial charge in [0.1, 0.15) is 5.76 Å². The summed E-state index contributed by atoms with van der Waals surface area (Å²) in [6.45, 7) is 2.61. The Labute approximate surface area is 111 Å². The van der Waals surface area contributed by atoms with Crippen molar-refractivity contribution < 1.29 is 32.4 Å². The number of aliphatic carboxylic acids is 1. The molecule has 1 aromatic rings. The number of carboxylic acid groups (broad SMARTS) is 1. The number of alkyl halides is 3. The first-order valence-electron chi connectivity index (χ1n) is 5.62.